The zero-order valence-corrected chi connectivity index (χ0v) is 8.25. The maximum atomic E-state index is 10.6. The van der Waals surface area contributed by atoms with Crippen LogP contribution in [0.2, 0.25) is 0 Å². The van der Waals surface area contributed by atoms with Crippen LogP contribution in [-0.2, 0) is 4.79 Å². The van der Waals surface area contributed by atoms with Gasteiger partial charge in [0.05, 0.1) is 6.54 Å². The summed E-state index contributed by atoms with van der Waals surface area (Å²) in [5.41, 5.74) is 11.0. The molecule has 0 saturated heterocycles. The van der Waals surface area contributed by atoms with E-state index in [1.807, 2.05) is 11.9 Å². The molecule has 13 heavy (non-hydrogen) atoms. The lowest BCUT2D eigenvalue weighted by molar-refractivity contribution is -0.119. The number of carbonyl (C=O) groups is 1. The summed E-state index contributed by atoms with van der Waals surface area (Å²) in [7, 11) is 1.93. The second-order valence-electron chi connectivity index (χ2n) is 4.18. The molecule has 0 atom stereocenters. The van der Waals surface area contributed by atoms with E-state index >= 15 is 0 Å². The summed E-state index contributed by atoms with van der Waals surface area (Å²) in [5.74, 6) is -0.258. The maximum absolute atomic E-state index is 10.6. The molecule has 0 spiro atoms. The van der Waals surface area contributed by atoms with Crippen LogP contribution >= 0.6 is 0 Å². The van der Waals surface area contributed by atoms with Gasteiger partial charge in [0.25, 0.3) is 0 Å². The lowest BCUT2D eigenvalue weighted by atomic mass is 10.0. The Kier molecular flexibility index (Phi) is 3.27. The number of hydrogen-bond acceptors (Lipinski definition) is 3. The Hall–Kier alpha value is -0.610. The number of nitrogens with zero attached hydrogens (tertiary/aromatic N) is 1. The predicted molar refractivity (Wildman–Crippen MR) is 52.0 cm³/mol. The van der Waals surface area contributed by atoms with Crippen LogP contribution in [0.5, 0.6) is 0 Å². The van der Waals surface area contributed by atoms with E-state index in [9.17, 15) is 4.79 Å². The molecule has 0 heterocycles. The molecule has 0 bridgehead atoms. The second-order valence-corrected chi connectivity index (χ2v) is 4.18. The van der Waals surface area contributed by atoms with Gasteiger partial charge in [0.15, 0.2) is 0 Å². The molecule has 1 aliphatic carbocycles. The number of hydrogen-bond donors (Lipinski definition) is 2. The fourth-order valence-corrected chi connectivity index (χ4v) is 1.86. The van der Waals surface area contributed by atoms with Gasteiger partial charge < -0.3 is 11.5 Å². The third kappa shape index (κ3) is 3.32. The summed E-state index contributed by atoms with van der Waals surface area (Å²) in [6, 6.07) is 0. The van der Waals surface area contributed by atoms with E-state index in [1.165, 1.54) is 12.8 Å². The highest BCUT2D eigenvalue weighted by Gasteiger charge is 2.42. The van der Waals surface area contributed by atoms with Crippen molar-refractivity contribution in [1.82, 2.24) is 4.90 Å². The van der Waals surface area contributed by atoms with Gasteiger partial charge in [0.2, 0.25) is 5.91 Å². The first-order valence-electron chi connectivity index (χ1n) is 4.75. The van der Waals surface area contributed by atoms with Crippen LogP contribution in [0.3, 0.4) is 0 Å². The molecule has 0 radical (unpaired) electrons. The maximum Gasteiger partial charge on any atom is 0.231 e. The van der Waals surface area contributed by atoms with Crippen molar-refractivity contribution in [1.29, 1.82) is 0 Å². The van der Waals surface area contributed by atoms with Gasteiger partial charge in [-0.15, -0.1) is 0 Å². The smallest absolute Gasteiger partial charge is 0.231 e. The van der Waals surface area contributed by atoms with Crippen LogP contribution in [-0.4, -0.2) is 37.5 Å². The molecule has 76 valence electrons. The molecule has 1 saturated carbocycles. The van der Waals surface area contributed by atoms with Crippen molar-refractivity contribution in [3.05, 3.63) is 0 Å². The molecule has 0 unspecified atom stereocenters. The number of rotatable bonds is 6. The summed E-state index contributed by atoms with van der Waals surface area (Å²) in [6.07, 6.45) is 3.55. The zero-order chi connectivity index (χ0) is 9.90. The Labute approximate surface area is 79.3 Å². The highest BCUT2D eigenvalue weighted by atomic mass is 16.1. The third-order valence-electron chi connectivity index (χ3n) is 2.66. The third-order valence-corrected chi connectivity index (χ3v) is 2.66. The van der Waals surface area contributed by atoms with Crippen LogP contribution in [0, 0.1) is 5.41 Å². The molecule has 1 aliphatic rings. The van der Waals surface area contributed by atoms with Crippen molar-refractivity contribution >= 4 is 5.91 Å². The van der Waals surface area contributed by atoms with Gasteiger partial charge in [-0.3, -0.25) is 9.69 Å². The zero-order valence-electron chi connectivity index (χ0n) is 8.25. The summed E-state index contributed by atoms with van der Waals surface area (Å²) < 4.78 is 0. The first kappa shape index (κ1) is 10.5. The second kappa shape index (κ2) is 4.07. The van der Waals surface area contributed by atoms with E-state index < -0.39 is 0 Å². The molecule has 1 amide bonds. The molecule has 0 aromatic rings. The highest BCUT2D eigenvalue weighted by molar-refractivity contribution is 5.75. The van der Waals surface area contributed by atoms with Crippen LogP contribution < -0.4 is 11.5 Å². The molecule has 4 nitrogen and oxygen atoms in total. The van der Waals surface area contributed by atoms with Gasteiger partial charge in [-0.1, -0.05) is 0 Å². The lowest BCUT2D eigenvalue weighted by Gasteiger charge is -2.21. The Morgan fingerprint density at radius 1 is 1.54 bits per heavy atom. The van der Waals surface area contributed by atoms with E-state index in [4.69, 9.17) is 11.5 Å². The SMILES string of the molecule is CN(CC(N)=O)CC1(CCN)CC1. The van der Waals surface area contributed by atoms with E-state index in [-0.39, 0.29) is 5.91 Å². The van der Waals surface area contributed by atoms with Crippen LogP contribution in [0.1, 0.15) is 19.3 Å². The van der Waals surface area contributed by atoms with E-state index in [0.29, 0.717) is 12.0 Å². The van der Waals surface area contributed by atoms with Crippen molar-refractivity contribution in [2.75, 3.05) is 26.7 Å². The minimum absolute atomic E-state index is 0.258. The standard InChI is InChI=1S/C9H19N3O/c1-12(6-8(11)13)7-9(2-3-9)4-5-10/h2-7,10H2,1H3,(H2,11,13). The molecular weight excluding hydrogens is 166 g/mol. The van der Waals surface area contributed by atoms with Gasteiger partial charge in [0.1, 0.15) is 0 Å². The summed E-state index contributed by atoms with van der Waals surface area (Å²) in [6.45, 7) is 2.05. The number of nitrogens with two attached hydrogens (primary N) is 2. The van der Waals surface area contributed by atoms with Crippen LogP contribution in [0.25, 0.3) is 0 Å². The van der Waals surface area contributed by atoms with E-state index in [1.54, 1.807) is 0 Å². The molecule has 1 fully saturated rings. The largest absolute Gasteiger partial charge is 0.369 e. The molecule has 0 aliphatic heterocycles. The van der Waals surface area contributed by atoms with E-state index in [2.05, 4.69) is 0 Å². The van der Waals surface area contributed by atoms with Crippen molar-refractivity contribution in [2.24, 2.45) is 16.9 Å². The predicted octanol–water partition coefficient (Wildman–Crippen LogP) is -0.467. The first-order chi connectivity index (χ1) is 6.08. The molecule has 4 heteroatoms. The normalized spacial score (nSPS) is 19.0. The number of amides is 1. The Bertz CT molecular complexity index is 189. The minimum Gasteiger partial charge on any atom is -0.369 e. The minimum atomic E-state index is -0.258. The quantitative estimate of drug-likeness (QED) is 0.587. The Morgan fingerprint density at radius 3 is 2.54 bits per heavy atom. The fourth-order valence-electron chi connectivity index (χ4n) is 1.86. The van der Waals surface area contributed by atoms with Crippen LogP contribution in [0.4, 0.5) is 0 Å². The monoisotopic (exact) mass is 185 g/mol. The van der Waals surface area contributed by atoms with E-state index in [0.717, 1.165) is 19.5 Å². The van der Waals surface area contributed by atoms with Crippen molar-refractivity contribution in [2.45, 2.75) is 19.3 Å². The molecular formula is C9H19N3O. The van der Waals surface area contributed by atoms with Gasteiger partial charge in [0, 0.05) is 6.54 Å². The molecule has 1 rings (SSSR count). The summed E-state index contributed by atoms with van der Waals surface area (Å²) in [4.78, 5) is 12.6. The average Bonchev–Trinajstić information content (AvgIpc) is 2.67. The number of carbonyl (C=O) groups excluding carboxylic acids is 1. The topological polar surface area (TPSA) is 72.3 Å². The fraction of sp³-hybridized carbons (Fsp3) is 0.889. The lowest BCUT2D eigenvalue weighted by Crippen LogP contribution is -2.35. The Morgan fingerprint density at radius 2 is 2.15 bits per heavy atom. The average molecular weight is 185 g/mol. The Balaban J connectivity index is 2.27. The van der Waals surface area contributed by atoms with Gasteiger partial charge in [-0.05, 0) is 38.3 Å². The van der Waals surface area contributed by atoms with Gasteiger partial charge >= 0.3 is 0 Å². The highest BCUT2D eigenvalue weighted by Crippen LogP contribution is 2.48. The molecule has 0 aromatic heterocycles. The van der Waals surface area contributed by atoms with Gasteiger partial charge in [-0.25, -0.2) is 0 Å². The van der Waals surface area contributed by atoms with Crippen molar-refractivity contribution in [3.8, 4) is 0 Å². The van der Waals surface area contributed by atoms with Crippen molar-refractivity contribution < 1.29 is 4.79 Å². The molecule has 4 N–H and O–H groups in total. The number of likely N-dealkylation sites (N-methyl/N-ethyl adjacent to an activating group) is 1. The number of primary amides is 1. The van der Waals surface area contributed by atoms with Gasteiger partial charge in [-0.2, -0.15) is 0 Å². The van der Waals surface area contributed by atoms with Crippen molar-refractivity contribution in [3.63, 3.8) is 0 Å². The summed E-state index contributed by atoms with van der Waals surface area (Å²) >= 11 is 0. The first-order valence-corrected chi connectivity index (χ1v) is 4.75. The molecule has 0 aromatic carbocycles. The van der Waals surface area contributed by atoms with Crippen LogP contribution in [0.15, 0.2) is 0 Å². The summed E-state index contributed by atoms with van der Waals surface area (Å²) in [5, 5.41) is 0.